The Bertz CT molecular complexity index is 1140. The van der Waals surface area contributed by atoms with Gasteiger partial charge in [-0.3, -0.25) is 9.13 Å². The van der Waals surface area contributed by atoms with Crippen LogP contribution in [0.15, 0.2) is 18.2 Å². The maximum Gasteiger partial charge on any atom is 0.340 e. The number of nitrogens with one attached hydrogen (secondary N) is 1. The lowest BCUT2D eigenvalue weighted by Gasteiger charge is -2.18. The molecule has 2 unspecified atom stereocenters. The smallest absolute Gasteiger partial charge is 0.340 e. The second-order valence-electron chi connectivity index (χ2n) is 8.14. The van der Waals surface area contributed by atoms with Gasteiger partial charge < -0.3 is 44.2 Å². The van der Waals surface area contributed by atoms with Crippen molar-refractivity contribution in [3.8, 4) is 0 Å². The number of rotatable bonds is 8. The number of hydrogen-bond donors (Lipinski definition) is 6. The van der Waals surface area contributed by atoms with E-state index in [1.165, 1.54) is 0 Å². The van der Waals surface area contributed by atoms with Crippen LogP contribution in [0.5, 0.6) is 0 Å². The summed E-state index contributed by atoms with van der Waals surface area (Å²) in [6.45, 7) is 0.523. The first-order chi connectivity index (χ1) is 15.9. The fourth-order valence-corrected chi connectivity index (χ4v) is 6.62. The van der Waals surface area contributed by atoms with Crippen molar-refractivity contribution in [2.75, 3.05) is 31.0 Å². The van der Waals surface area contributed by atoms with Crippen LogP contribution in [-0.2, 0) is 23.1 Å². The quantitative estimate of drug-likeness (QED) is 0.205. The molecule has 2 aromatic rings. The maximum atomic E-state index is 11.9. The molecule has 1 aromatic heterocycles. The first-order valence-electron chi connectivity index (χ1n) is 10.3. The molecule has 0 bridgehead atoms. The highest BCUT2D eigenvalue weighted by Crippen LogP contribution is 2.55. The highest BCUT2D eigenvalue weighted by Gasteiger charge is 2.45. The van der Waals surface area contributed by atoms with E-state index in [0.29, 0.717) is 35.5 Å². The molecule has 2 fully saturated rings. The van der Waals surface area contributed by atoms with Gasteiger partial charge in [-0.2, -0.15) is 0 Å². The van der Waals surface area contributed by atoms with Crippen molar-refractivity contribution in [2.24, 2.45) is 0 Å². The van der Waals surface area contributed by atoms with E-state index in [4.69, 9.17) is 35.4 Å². The van der Waals surface area contributed by atoms with E-state index in [0.717, 1.165) is 6.42 Å². The molecule has 2 aliphatic rings. The Kier molecular flexibility index (Phi) is 7.64. The molecule has 0 aliphatic carbocycles. The Morgan fingerprint density at radius 3 is 2.62 bits per heavy atom. The fourth-order valence-electron chi connectivity index (χ4n) is 3.87. The summed E-state index contributed by atoms with van der Waals surface area (Å²) in [7, 11) is -9.45. The number of hydrogen-bond acceptors (Lipinski definition) is 10. The van der Waals surface area contributed by atoms with Crippen LogP contribution >= 0.6 is 26.8 Å². The molecule has 0 spiro atoms. The second-order valence-corrected chi connectivity index (χ2v) is 12.5. The standard InChI is InChI=1S/C18H24ClN3O10P2/c19-18-21-12-5-9(1-2-11(12)17(22-18)20-10-3-4-30-6-10)16-15(24)14(23)13(32-16)7-31-34(28,29)8-33(25,26)27/h1-2,5,10,13-16,23-24H,3-4,6-8H2,(H,28,29)(H,20,21,22)(H2,25,26,27)/t10?,13-,14-,15-,16+/m1/s1. The summed E-state index contributed by atoms with van der Waals surface area (Å²) in [5, 5.41) is 24.8. The van der Waals surface area contributed by atoms with Crippen molar-refractivity contribution in [1.29, 1.82) is 0 Å². The van der Waals surface area contributed by atoms with Crippen LogP contribution in [0.1, 0.15) is 18.1 Å². The molecule has 3 heterocycles. The van der Waals surface area contributed by atoms with Gasteiger partial charge in [0.25, 0.3) is 0 Å². The molecule has 16 heteroatoms. The number of halogens is 1. The van der Waals surface area contributed by atoms with Crippen LogP contribution in [0.4, 0.5) is 5.82 Å². The molecule has 13 nitrogen and oxygen atoms in total. The highest BCUT2D eigenvalue weighted by atomic mass is 35.5. The van der Waals surface area contributed by atoms with E-state index >= 15 is 0 Å². The minimum absolute atomic E-state index is 0.00835. The van der Waals surface area contributed by atoms with Crippen LogP contribution in [0, 0.1) is 0 Å². The Morgan fingerprint density at radius 2 is 1.94 bits per heavy atom. The number of nitrogens with zero attached hydrogens (tertiary/aromatic N) is 2. The highest BCUT2D eigenvalue weighted by molar-refractivity contribution is 7.70. The van der Waals surface area contributed by atoms with Crippen molar-refractivity contribution in [2.45, 2.75) is 36.9 Å². The van der Waals surface area contributed by atoms with Gasteiger partial charge in [-0.25, -0.2) is 9.97 Å². The summed E-state index contributed by atoms with van der Waals surface area (Å²) in [4.78, 5) is 35.9. The lowest BCUT2D eigenvalue weighted by Crippen LogP contribution is -2.33. The second kappa shape index (κ2) is 10.0. The van der Waals surface area contributed by atoms with E-state index in [1.807, 2.05) is 0 Å². The van der Waals surface area contributed by atoms with Crippen molar-refractivity contribution >= 4 is 43.5 Å². The number of fused-ring (bicyclic) bond motifs is 1. The molecule has 1 aromatic carbocycles. The van der Waals surface area contributed by atoms with Crippen LogP contribution in [0.25, 0.3) is 10.9 Å². The van der Waals surface area contributed by atoms with E-state index in [-0.39, 0.29) is 11.3 Å². The summed E-state index contributed by atoms with van der Waals surface area (Å²) in [5.74, 6) is -0.844. The van der Waals surface area contributed by atoms with E-state index in [1.54, 1.807) is 18.2 Å². The largest absolute Gasteiger partial charge is 0.387 e. The van der Waals surface area contributed by atoms with Crippen molar-refractivity contribution in [3.63, 3.8) is 0 Å². The zero-order chi connectivity index (χ0) is 24.7. The van der Waals surface area contributed by atoms with Gasteiger partial charge in [0.15, 0.2) is 5.90 Å². The first kappa shape index (κ1) is 25.9. The van der Waals surface area contributed by atoms with Crippen molar-refractivity contribution in [3.05, 3.63) is 29.0 Å². The Hall–Kier alpha value is -1.21. The molecule has 4 rings (SSSR count). The van der Waals surface area contributed by atoms with Gasteiger partial charge >= 0.3 is 15.2 Å². The molecule has 2 aliphatic heterocycles. The molecule has 0 radical (unpaired) electrons. The van der Waals surface area contributed by atoms with Crippen molar-refractivity contribution in [1.82, 2.24) is 9.97 Å². The van der Waals surface area contributed by atoms with Gasteiger partial charge in [0.2, 0.25) is 5.28 Å². The monoisotopic (exact) mass is 539 g/mol. The van der Waals surface area contributed by atoms with Crippen LogP contribution in [-0.4, -0.2) is 84.9 Å². The molecule has 0 saturated carbocycles. The van der Waals surface area contributed by atoms with Crippen molar-refractivity contribution < 1.29 is 48.0 Å². The zero-order valence-electron chi connectivity index (χ0n) is 17.6. The van der Waals surface area contributed by atoms with E-state index in [9.17, 15) is 24.2 Å². The molecule has 188 valence electrons. The lowest BCUT2D eigenvalue weighted by molar-refractivity contribution is -0.0186. The molecule has 2 saturated heterocycles. The number of benzene rings is 1. The summed E-state index contributed by atoms with van der Waals surface area (Å²) >= 11 is 6.09. The molecule has 0 amide bonds. The third kappa shape index (κ3) is 6.13. The summed E-state index contributed by atoms with van der Waals surface area (Å²) in [5.41, 5.74) is 0.916. The number of ether oxygens (including phenoxy) is 2. The van der Waals surface area contributed by atoms with Crippen LogP contribution < -0.4 is 5.32 Å². The van der Waals surface area contributed by atoms with Gasteiger partial charge in [-0.15, -0.1) is 0 Å². The van der Waals surface area contributed by atoms with Gasteiger partial charge in [-0.1, -0.05) is 6.07 Å². The molecule has 6 atom stereocenters. The van der Waals surface area contributed by atoms with Gasteiger partial charge in [0.05, 0.1) is 24.8 Å². The van der Waals surface area contributed by atoms with E-state index < -0.39 is 52.1 Å². The molecule has 6 N–H and O–H groups in total. The number of aliphatic hydroxyl groups excluding tert-OH is 2. The summed E-state index contributed by atoms with van der Waals surface area (Å²) in [6, 6.07) is 5.07. The SMILES string of the molecule is O=P(O)(O)CP(=O)(O)OC[C@H]1O[C@@H](c2ccc3c(NC4CCOC4)nc(Cl)nc3c2)[C@H](O)[C@@H]1O. The third-order valence-corrected chi connectivity index (χ3v) is 9.08. The van der Waals surface area contributed by atoms with Gasteiger partial charge in [-0.05, 0) is 35.7 Å². The van der Waals surface area contributed by atoms with Crippen LogP contribution in [0.2, 0.25) is 5.28 Å². The fraction of sp³-hybridized carbons (Fsp3) is 0.556. The average molecular weight is 540 g/mol. The zero-order valence-corrected chi connectivity index (χ0v) is 20.1. The minimum atomic E-state index is -4.80. The Morgan fingerprint density at radius 1 is 1.18 bits per heavy atom. The van der Waals surface area contributed by atoms with Crippen LogP contribution in [0.3, 0.4) is 0 Å². The third-order valence-electron chi connectivity index (χ3n) is 5.46. The summed E-state index contributed by atoms with van der Waals surface area (Å²) < 4.78 is 38.6. The topological polar surface area (TPSA) is 201 Å². The summed E-state index contributed by atoms with van der Waals surface area (Å²) in [6.07, 6.45) is -4.32. The predicted molar refractivity (Wildman–Crippen MR) is 120 cm³/mol. The molecule has 34 heavy (non-hydrogen) atoms. The Balaban J connectivity index is 1.51. The average Bonchev–Trinajstić information content (AvgIpc) is 3.33. The maximum absolute atomic E-state index is 11.9. The lowest BCUT2D eigenvalue weighted by atomic mass is 10.0. The predicted octanol–water partition coefficient (Wildman–Crippen LogP) is 0.983. The van der Waals surface area contributed by atoms with Gasteiger partial charge in [0, 0.05) is 12.0 Å². The van der Waals surface area contributed by atoms with E-state index in [2.05, 4.69) is 15.3 Å². The molecular formula is C18H24ClN3O10P2. The Labute approximate surface area is 198 Å². The van der Waals surface area contributed by atoms with Gasteiger partial charge in [0.1, 0.15) is 30.2 Å². The first-order valence-corrected chi connectivity index (χ1v) is 14.2. The number of anilines is 1. The minimum Gasteiger partial charge on any atom is -0.387 e. The number of aromatic nitrogens is 2. The molecular weight excluding hydrogens is 516 g/mol. The number of aliphatic hydroxyl groups is 2. The normalized spacial score (nSPS) is 29.4.